The van der Waals surface area contributed by atoms with Crippen LogP contribution in [0.25, 0.3) is 11.1 Å². The molecule has 0 fully saturated rings. The first-order valence-electron chi connectivity index (χ1n) is 6.27. The number of rotatable bonds is 1. The number of benzene rings is 2. The Hall–Kier alpha value is -2.18. The maximum absolute atomic E-state index is 13.6. The van der Waals surface area contributed by atoms with E-state index in [1.807, 2.05) is 24.3 Å². The summed E-state index contributed by atoms with van der Waals surface area (Å²) in [5, 5.41) is 8.93. The minimum absolute atomic E-state index is 0.0685. The molecule has 1 atom stereocenters. The summed E-state index contributed by atoms with van der Waals surface area (Å²) in [7, 11) is 0. The minimum Gasteiger partial charge on any atom is -0.324 e. The van der Waals surface area contributed by atoms with Crippen molar-refractivity contribution < 1.29 is 4.39 Å². The van der Waals surface area contributed by atoms with Crippen LogP contribution in [-0.2, 0) is 6.42 Å². The van der Waals surface area contributed by atoms with Crippen LogP contribution in [0.1, 0.15) is 29.2 Å². The summed E-state index contributed by atoms with van der Waals surface area (Å²) in [6.07, 6.45) is 1.83. The van der Waals surface area contributed by atoms with Crippen molar-refractivity contribution in [2.75, 3.05) is 0 Å². The fourth-order valence-corrected chi connectivity index (χ4v) is 2.77. The van der Waals surface area contributed by atoms with E-state index in [1.165, 1.54) is 17.7 Å². The highest BCUT2D eigenvalue weighted by atomic mass is 19.1. The lowest BCUT2D eigenvalue weighted by Gasteiger charge is -2.10. The quantitative estimate of drug-likeness (QED) is 0.846. The monoisotopic (exact) mass is 252 g/mol. The van der Waals surface area contributed by atoms with E-state index in [1.54, 1.807) is 6.07 Å². The topological polar surface area (TPSA) is 49.8 Å². The van der Waals surface area contributed by atoms with Gasteiger partial charge in [-0.2, -0.15) is 5.26 Å². The minimum atomic E-state index is -0.381. The smallest absolute Gasteiger partial charge is 0.125 e. The van der Waals surface area contributed by atoms with Crippen LogP contribution in [0.3, 0.4) is 0 Å². The van der Waals surface area contributed by atoms with Crippen molar-refractivity contribution in [3.05, 3.63) is 58.9 Å². The molecule has 0 bridgehead atoms. The van der Waals surface area contributed by atoms with Gasteiger partial charge in [-0.05, 0) is 53.3 Å². The lowest BCUT2D eigenvalue weighted by molar-refractivity contribution is 0.628. The predicted molar refractivity (Wildman–Crippen MR) is 71.8 cm³/mol. The van der Waals surface area contributed by atoms with Gasteiger partial charge >= 0.3 is 0 Å². The Morgan fingerprint density at radius 2 is 2.11 bits per heavy atom. The number of hydrogen-bond acceptors (Lipinski definition) is 2. The molecule has 2 N–H and O–H groups in total. The Morgan fingerprint density at radius 3 is 2.89 bits per heavy atom. The van der Waals surface area contributed by atoms with E-state index in [-0.39, 0.29) is 11.9 Å². The molecule has 0 spiro atoms. The summed E-state index contributed by atoms with van der Waals surface area (Å²) in [6, 6.07) is 12.4. The van der Waals surface area contributed by atoms with Crippen molar-refractivity contribution in [2.24, 2.45) is 5.73 Å². The lowest BCUT2D eigenvalue weighted by Crippen LogP contribution is -2.04. The molecule has 1 unspecified atom stereocenters. The molecule has 0 heterocycles. The summed E-state index contributed by atoms with van der Waals surface area (Å²) < 4.78 is 13.6. The van der Waals surface area contributed by atoms with Crippen molar-refractivity contribution >= 4 is 0 Å². The molecule has 0 radical (unpaired) electrons. The van der Waals surface area contributed by atoms with Crippen LogP contribution in [0.2, 0.25) is 0 Å². The van der Waals surface area contributed by atoms with Crippen LogP contribution < -0.4 is 5.73 Å². The summed E-state index contributed by atoms with van der Waals surface area (Å²) >= 11 is 0. The molecule has 94 valence electrons. The second-order valence-electron chi connectivity index (χ2n) is 4.86. The maximum Gasteiger partial charge on any atom is 0.125 e. The number of hydrogen-bond donors (Lipinski definition) is 1. The van der Waals surface area contributed by atoms with Crippen LogP contribution in [0, 0.1) is 17.1 Å². The van der Waals surface area contributed by atoms with Gasteiger partial charge in [0.2, 0.25) is 0 Å². The molecular weight excluding hydrogens is 239 g/mol. The van der Waals surface area contributed by atoms with Crippen LogP contribution in [0.5, 0.6) is 0 Å². The zero-order valence-electron chi connectivity index (χ0n) is 10.4. The summed E-state index contributed by atoms with van der Waals surface area (Å²) in [5.41, 5.74) is 10.5. The molecule has 3 rings (SSSR count). The number of nitriles is 1. The number of nitrogens with two attached hydrogens (primary N) is 1. The fraction of sp³-hybridized carbons (Fsp3) is 0.188. The first-order chi connectivity index (χ1) is 9.19. The second kappa shape index (κ2) is 4.49. The van der Waals surface area contributed by atoms with Crippen molar-refractivity contribution in [3.8, 4) is 17.2 Å². The highest BCUT2D eigenvalue weighted by molar-refractivity contribution is 5.71. The zero-order valence-corrected chi connectivity index (χ0v) is 10.4. The Bertz CT molecular complexity index is 686. The summed E-state index contributed by atoms with van der Waals surface area (Å²) in [5.74, 6) is -0.381. The average Bonchev–Trinajstić information content (AvgIpc) is 2.80. The number of halogens is 1. The van der Waals surface area contributed by atoms with Gasteiger partial charge in [0.1, 0.15) is 5.82 Å². The standard InChI is InChI=1S/C16H13FN2/c17-12-7-10(9-18)6-11(8-12)13-2-1-3-15-14(13)4-5-16(15)19/h1-3,6-8,16H,4-5,19H2. The highest BCUT2D eigenvalue weighted by Crippen LogP contribution is 2.36. The molecule has 3 heteroatoms. The van der Waals surface area contributed by atoms with Gasteiger partial charge in [-0.3, -0.25) is 0 Å². The Kier molecular flexibility index (Phi) is 2.81. The Morgan fingerprint density at radius 1 is 1.26 bits per heavy atom. The molecule has 0 saturated carbocycles. The third-order valence-electron chi connectivity index (χ3n) is 3.65. The molecular formula is C16H13FN2. The molecule has 2 nitrogen and oxygen atoms in total. The molecule has 2 aromatic rings. The van der Waals surface area contributed by atoms with E-state index >= 15 is 0 Å². The molecule has 2 aromatic carbocycles. The van der Waals surface area contributed by atoms with E-state index in [0.717, 1.165) is 29.5 Å². The normalized spacial score (nSPS) is 17.0. The van der Waals surface area contributed by atoms with Crippen molar-refractivity contribution in [3.63, 3.8) is 0 Å². The van der Waals surface area contributed by atoms with Crippen molar-refractivity contribution in [2.45, 2.75) is 18.9 Å². The van der Waals surface area contributed by atoms with E-state index < -0.39 is 0 Å². The van der Waals surface area contributed by atoms with Crippen molar-refractivity contribution in [1.82, 2.24) is 0 Å². The van der Waals surface area contributed by atoms with E-state index in [2.05, 4.69) is 0 Å². The highest BCUT2D eigenvalue weighted by Gasteiger charge is 2.22. The molecule has 0 saturated heterocycles. The first-order valence-corrected chi connectivity index (χ1v) is 6.27. The molecule has 0 aromatic heterocycles. The third-order valence-corrected chi connectivity index (χ3v) is 3.65. The Labute approximate surface area is 111 Å². The molecule has 0 amide bonds. The Balaban J connectivity index is 2.19. The third kappa shape index (κ3) is 2.00. The lowest BCUT2D eigenvalue weighted by atomic mass is 9.95. The molecule has 19 heavy (non-hydrogen) atoms. The van der Waals surface area contributed by atoms with Crippen LogP contribution in [-0.4, -0.2) is 0 Å². The number of nitrogens with zero attached hydrogens (tertiary/aromatic N) is 1. The van der Waals surface area contributed by atoms with Crippen LogP contribution >= 0.6 is 0 Å². The summed E-state index contributed by atoms with van der Waals surface area (Å²) in [4.78, 5) is 0. The van der Waals surface area contributed by atoms with E-state index in [9.17, 15) is 4.39 Å². The van der Waals surface area contributed by atoms with Gasteiger partial charge < -0.3 is 5.73 Å². The SMILES string of the molecule is N#Cc1cc(F)cc(-c2cccc3c2CCC3N)c1. The molecule has 1 aliphatic carbocycles. The van der Waals surface area contributed by atoms with Crippen LogP contribution in [0.4, 0.5) is 4.39 Å². The number of fused-ring (bicyclic) bond motifs is 1. The van der Waals surface area contributed by atoms with Crippen molar-refractivity contribution in [1.29, 1.82) is 5.26 Å². The first kappa shape index (κ1) is 11.9. The van der Waals surface area contributed by atoms with Gasteiger partial charge in [0.05, 0.1) is 11.6 Å². The van der Waals surface area contributed by atoms with Gasteiger partial charge in [0, 0.05) is 6.04 Å². The van der Waals surface area contributed by atoms with Crippen LogP contribution in [0.15, 0.2) is 36.4 Å². The predicted octanol–water partition coefficient (Wildman–Crippen LogP) is 3.31. The molecule has 1 aliphatic rings. The van der Waals surface area contributed by atoms with Gasteiger partial charge in [-0.25, -0.2) is 4.39 Å². The maximum atomic E-state index is 13.6. The molecule has 0 aliphatic heterocycles. The van der Waals surface area contributed by atoms with Gasteiger partial charge in [-0.15, -0.1) is 0 Å². The van der Waals surface area contributed by atoms with E-state index in [4.69, 9.17) is 11.0 Å². The fourth-order valence-electron chi connectivity index (χ4n) is 2.77. The van der Waals surface area contributed by atoms with Gasteiger partial charge in [0.25, 0.3) is 0 Å². The largest absolute Gasteiger partial charge is 0.324 e. The summed E-state index contributed by atoms with van der Waals surface area (Å²) in [6.45, 7) is 0. The average molecular weight is 252 g/mol. The zero-order chi connectivity index (χ0) is 13.4. The van der Waals surface area contributed by atoms with Gasteiger partial charge in [0.15, 0.2) is 0 Å². The van der Waals surface area contributed by atoms with Gasteiger partial charge in [-0.1, -0.05) is 18.2 Å². The van der Waals surface area contributed by atoms with E-state index in [0.29, 0.717) is 5.56 Å². The second-order valence-corrected chi connectivity index (χ2v) is 4.86.